The molecule has 0 aromatic heterocycles. The fraction of sp³-hybridized carbons (Fsp3) is 0.750. The van der Waals surface area contributed by atoms with E-state index in [1.165, 1.54) is 0 Å². The van der Waals surface area contributed by atoms with Crippen LogP contribution in [0.5, 0.6) is 0 Å². The Bertz CT molecular complexity index is 285. The minimum Gasteiger partial charge on any atom is -0.342 e. The summed E-state index contributed by atoms with van der Waals surface area (Å²) in [4.78, 5) is 11.6. The molecule has 0 fully saturated rings. The Morgan fingerprint density at radius 2 is 1.73 bits per heavy atom. The maximum Gasteiger partial charge on any atom is 0.226 e. The molecule has 3 heteroatoms. The van der Waals surface area contributed by atoms with E-state index in [9.17, 15) is 4.79 Å². The lowest BCUT2D eigenvalue weighted by Gasteiger charge is -2.19. The van der Waals surface area contributed by atoms with E-state index in [0.717, 1.165) is 0 Å². The van der Waals surface area contributed by atoms with Gasteiger partial charge in [0.2, 0.25) is 5.91 Å². The van der Waals surface area contributed by atoms with Crippen molar-refractivity contribution in [2.24, 2.45) is 5.41 Å². The highest BCUT2D eigenvalue weighted by atomic mass is 28.3. The third-order valence-electron chi connectivity index (χ3n) is 1.69. The summed E-state index contributed by atoms with van der Waals surface area (Å²) in [6.07, 6.45) is 0. The Morgan fingerprint density at radius 3 is 2.07 bits per heavy atom. The first-order valence-corrected chi connectivity index (χ1v) is 8.86. The Kier molecular flexibility index (Phi) is 4.60. The Balaban J connectivity index is 4.33. The van der Waals surface area contributed by atoms with Crippen molar-refractivity contribution in [3.05, 3.63) is 0 Å². The van der Waals surface area contributed by atoms with Crippen molar-refractivity contribution >= 4 is 14.0 Å². The molecule has 0 spiro atoms. The number of nitrogens with one attached hydrogen (secondary N) is 1. The highest BCUT2D eigenvalue weighted by Gasteiger charge is 2.21. The van der Waals surface area contributed by atoms with Gasteiger partial charge in [0.15, 0.2) is 0 Å². The monoisotopic (exact) mass is 225 g/mol. The normalized spacial score (nSPS) is 13.8. The molecule has 0 aliphatic heterocycles. The van der Waals surface area contributed by atoms with Gasteiger partial charge in [0.1, 0.15) is 8.07 Å². The van der Waals surface area contributed by atoms with Gasteiger partial charge in [-0.3, -0.25) is 4.79 Å². The summed E-state index contributed by atoms with van der Waals surface area (Å²) in [5.41, 5.74) is 2.91. The van der Waals surface area contributed by atoms with E-state index in [2.05, 4.69) is 36.4 Å². The molecular formula is C12H23NOSi. The first kappa shape index (κ1) is 14.2. The molecule has 0 aromatic rings. The maximum absolute atomic E-state index is 11.6. The minimum atomic E-state index is -1.33. The molecular weight excluding hydrogens is 202 g/mol. The summed E-state index contributed by atoms with van der Waals surface area (Å²) in [5.74, 6) is 3.16. The van der Waals surface area contributed by atoms with Gasteiger partial charge in [0.25, 0.3) is 0 Å². The lowest BCUT2D eigenvalue weighted by molar-refractivity contribution is -0.128. The highest BCUT2D eigenvalue weighted by molar-refractivity contribution is 6.83. The molecule has 1 atom stereocenters. The van der Waals surface area contributed by atoms with Gasteiger partial charge >= 0.3 is 0 Å². The molecule has 0 saturated heterocycles. The summed E-state index contributed by atoms with van der Waals surface area (Å²) in [7, 11) is -1.33. The largest absolute Gasteiger partial charge is 0.342 e. The maximum atomic E-state index is 11.6. The van der Waals surface area contributed by atoms with E-state index < -0.39 is 8.07 Å². The predicted octanol–water partition coefficient (Wildman–Crippen LogP) is 2.42. The van der Waals surface area contributed by atoms with E-state index in [0.29, 0.717) is 0 Å². The van der Waals surface area contributed by atoms with E-state index in [1.807, 2.05) is 27.7 Å². The first-order valence-electron chi connectivity index (χ1n) is 5.36. The third kappa shape index (κ3) is 7.21. The molecule has 0 bridgehead atoms. The average Bonchev–Trinajstić information content (AvgIpc) is 1.97. The fourth-order valence-electron chi connectivity index (χ4n) is 0.774. The SMILES string of the molecule is C[C@H](C#C[Si](C)(C)C)NC(=O)C(C)(C)C. The van der Waals surface area contributed by atoms with Crippen molar-refractivity contribution in [3.63, 3.8) is 0 Å². The van der Waals surface area contributed by atoms with Gasteiger partial charge in [0, 0.05) is 5.41 Å². The minimum absolute atomic E-state index is 0.0524. The second kappa shape index (κ2) is 4.85. The average molecular weight is 225 g/mol. The molecule has 0 saturated carbocycles. The lowest BCUT2D eigenvalue weighted by atomic mass is 9.95. The van der Waals surface area contributed by atoms with Crippen LogP contribution in [0.1, 0.15) is 27.7 Å². The van der Waals surface area contributed by atoms with Gasteiger partial charge in [-0.05, 0) is 6.92 Å². The zero-order valence-corrected chi connectivity index (χ0v) is 12.0. The zero-order valence-electron chi connectivity index (χ0n) is 11.0. The second-order valence-corrected chi connectivity index (χ2v) is 10.7. The van der Waals surface area contributed by atoms with Crippen LogP contribution in [0.25, 0.3) is 0 Å². The zero-order chi connectivity index (χ0) is 12.3. The van der Waals surface area contributed by atoms with E-state index in [4.69, 9.17) is 0 Å². The molecule has 0 aliphatic rings. The van der Waals surface area contributed by atoms with Gasteiger partial charge < -0.3 is 5.32 Å². The van der Waals surface area contributed by atoms with E-state index in [-0.39, 0.29) is 17.4 Å². The van der Waals surface area contributed by atoms with Crippen LogP contribution in [-0.4, -0.2) is 20.0 Å². The molecule has 0 radical (unpaired) electrons. The van der Waals surface area contributed by atoms with Crippen molar-refractivity contribution in [2.45, 2.75) is 53.4 Å². The summed E-state index contributed by atoms with van der Waals surface area (Å²) >= 11 is 0. The number of hydrogen-bond donors (Lipinski definition) is 1. The highest BCUT2D eigenvalue weighted by Crippen LogP contribution is 2.12. The van der Waals surface area contributed by atoms with Crippen LogP contribution >= 0.6 is 0 Å². The topological polar surface area (TPSA) is 29.1 Å². The molecule has 1 amide bonds. The summed E-state index contributed by atoms with van der Waals surface area (Å²) in [6, 6.07) is -0.0524. The molecule has 15 heavy (non-hydrogen) atoms. The van der Waals surface area contributed by atoms with E-state index in [1.54, 1.807) is 0 Å². The van der Waals surface area contributed by atoms with Gasteiger partial charge in [-0.1, -0.05) is 46.3 Å². The van der Waals surface area contributed by atoms with Crippen LogP contribution in [0.2, 0.25) is 19.6 Å². The summed E-state index contributed by atoms with van der Waals surface area (Å²) in [6.45, 7) is 14.2. The van der Waals surface area contributed by atoms with E-state index >= 15 is 0 Å². The van der Waals surface area contributed by atoms with Crippen molar-refractivity contribution in [1.29, 1.82) is 0 Å². The van der Waals surface area contributed by atoms with Gasteiger partial charge in [0.05, 0.1) is 6.04 Å². The Hall–Kier alpha value is -0.753. The fourth-order valence-corrected chi connectivity index (χ4v) is 1.42. The van der Waals surface area contributed by atoms with Crippen molar-refractivity contribution in [1.82, 2.24) is 5.32 Å². The number of carbonyl (C=O) groups is 1. The third-order valence-corrected chi connectivity index (χ3v) is 2.59. The van der Waals surface area contributed by atoms with Crippen LogP contribution in [0.4, 0.5) is 0 Å². The predicted molar refractivity (Wildman–Crippen MR) is 68.2 cm³/mol. The quantitative estimate of drug-likeness (QED) is 0.539. The van der Waals surface area contributed by atoms with Gasteiger partial charge in [-0.25, -0.2) is 0 Å². The Morgan fingerprint density at radius 1 is 1.27 bits per heavy atom. The molecule has 2 nitrogen and oxygen atoms in total. The smallest absolute Gasteiger partial charge is 0.226 e. The molecule has 0 heterocycles. The lowest BCUT2D eigenvalue weighted by Crippen LogP contribution is -2.39. The van der Waals surface area contributed by atoms with Gasteiger partial charge in [-0.15, -0.1) is 5.54 Å². The van der Waals surface area contributed by atoms with Crippen LogP contribution in [0.15, 0.2) is 0 Å². The molecule has 0 unspecified atom stereocenters. The van der Waals surface area contributed by atoms with Crippen LogP contribution in [0, 0.1) is 16.9 Å². The van der Waals surface area contributed by atoms with Crippen molar-refractivity contribution < 1.29 is 4.79 Å². The number of hydrogen-bond acceptors (Lipinski definition) is 1. The molecule has 0 aliphatic carbocycles. The van der Waals surface area contributed by atoms with Crippen molar-refractivity contribution in [3.8, 4) is 11.5 Å². The van der Waals surface area contributed by atoms with Crippen LogP contribution in [-0.2, 0) is 4.79 Å². The first-order chi connectivity index (χ1) is 6.52. The van der Waals surface area contributed by atoms with Crippen molar-refractivity contribution in [2.75, 3.05) is 0 Å². The number of rotatable bonds is 1. The molecule has 0 rings (SSSR count). The molecule has 1 N–H and O–H groups in total. The molecule has 0 aromatic carbocycles. The Labute approximate surface area is 94.8 Å². The van der Waals surface area contributed by atoms with Crippen LogP contribution in [0.3, 0.4) is 0 Å². The summed E-state index contributed by atoms with van der Waals surface area (Å²) < 4.78 is 0. The standard InChI is InChI=1S/C12H23NOSi/c1-10(8-9-15(5,6)7)13-11(14)12(2,3)4/h10H,1-7H3,(H,13,14)/t10-/m1/s1. The number of amides is 1. The van der Waals surface area contributed by atoms with Gasteiger partial charge in [-0.2, -0.15) is 0 Å². The van der Waals surface area contributed by atoms with Crippen LogP contribution < -0.4 is 5.32 Å². The number of carbonyl (C=O) groups excluding carboxylic acids is 1. The molecule has 86 valence electrons. The summed E-state index contributed by atoms with van der Waals surface area (Å²) in [5, 5.41) is 2.90. The second-order valence-electron chi connectivity index (χ2n) is 5.96.